The lowest BCUT2D eigenvalue weighted by atomic mass is 10.1. The number of carbonyl (C=O) groups excluding carboxylic acids is 2. The summed E-state index contributed by atoms with van der Waals surface area (Å²) in [6.07, 6.45) is 5.79. The van der Waals surface area contributed by atoms with E-state index >= 15 is 0 Å². The third-order valence-electron chi connectivity index (χ3n) is 4.12. The Hall–Kier alpha value is -2.10. The van der Waals surface area contributed by atoms with E-state index in [1.54, 1.807) is 11.0 Å². The molecule has 1 saturated heterocycles. The van der Waals surface area contributed by atoms with Crippen molar-refractivity contribution in [2.24, 2.45) is 5.92 Å². The number of amides is 2. The average Bonchev–Trinajstić information content (AvgIpc) is 3.00. The second kappa shape index (κ2) is 7.78. The first-order valence-corrected chi connectivity index (χ1v) is 7.96. The van der Waals surface area contributed by atoms with Crippen LogP contribution in [0, 0.1) is 5.92 Å². The minimum absolute atomic E-state index is 0.0163. The molecule has 0 saturated carbocycles. The van der Waals surface area contributed by atoms with Crippen molar-refractivity contribution in [3.05, 3.63) is 42.0 Å². The molecule has 22 heavy (non-hydrogen) atoms. The van der Waals surface area contributed by atoms with E-state index in [2.05, 4.69) is 5.32 Å². The zero-order valence-electron chi connectivity index (χ0n) is 13.3. The highest BCUT2D eigenvalue weighted by molar-refractivity contribution is 5.92. The van der Waals surface area contributed by atoms with E-state index in [0.717, 1.165) is 24.8 Å². The van der Waals surface area contributed by atoms with E-state index < -0.39 is 0 Å². The summed E-state index contributed by atoms with van der Waals surface area (Å²) in [7, 11) is 0. The standard InChI is InChI=1S/C18H24N2O2/c1-3-14(2)18(22)19-16-10-7-13-20(16)17(21)12-11-15-8-5-4-6-9-15/h4-6,8-9,11-12,14,16H,3,7,10,13H2,1-2H3,(H,19,22)/b12-11+/t14-,16?/m1/s1. The van der Waals surface area contributed by atoms with Crippen LogP contribution in [0.25, 0.3) is 6.08 Å². The Morgan fingerprint density at radius 2 is 2.09 bits per heavy atom. The van der Waals surface area contributed by atoms with Gasteiger partial charge in [0.25, 0.3) is 0 Å². The summed E-state index contributed by atoms with van der Waals surface area (Å²) in [6, 6.07) is 9.73. The normalized spacial score (nSPS) is 19.4. The van der Waals surface area contributed by atoms with Gasteiger partial charge in [0.1, 0.15) is 6.17 Å². The van der Waals surface area contributed by atoms with Gasteiger partial charge >= 0.3 is 0 Å². The van der Waals surface area contributed by atoms with Gasteiger partial charge in [-0.05, 0) is 30.9 Å². The van der Waals surface area contributed by atoms with E-state index in [4.69, 9.17) is 0 Å². The van der Waals surface area contributed by atoms with Crippen molar-refractivity contribution in [3.8, 4) is 0 Å². The molecular formula is C18H24N2O2. The number of carbonyl (C=O) groups is 2. The Labute approximate surface area is 132 Å². The molecular weight excluding hydrogens is 276 g/mol. The van der Waals surface area contributed by atoms with Gasteiger partial charge in [-0.1, -0.05) is 44.2 Å². The summed E-state index contributed by atoms with van der Waals surface area (Å²) in [4.78, 5) is 26.1. The highest BCUT2D eigenvalue weighted by Crippen LogP contribution is 2.17. The molecule has 1 unspecified atom stereocenters. The minimum Gasteiger partial charge on any atom is -0.336 e. The Morgan fingerprint density at radius 1 is 1.36 bits per heavy atom. The Balaban J connectivity index is 1.96. The predicted octanol–water partition coefficient (Wildman–Crippen LogP) is 2.81. The molecule has 0 bridgehead atoms. The lowest BCUT2D eigenvalue weighted by Gasteiger charge is -2.25. The second-order valence-corrected chi connectivity index (χ2v) is 5.75. The van der Waals surface area contributed by atoms with Crippen molar-refractivity contribution < 1.29 is 9.59 Å². The second-order valence-electron chi connectivity index (χ2n) is 5.75. The van der Waals surface area contributed by atoms with Gasteiger partial charge in [0.2, 0.25) is 11.8 Å². The van der Waals surface area contributed by atoms with Gasteiger partial charge in [-0.25, -0.2) is 0 Å². The molecule has 1 fully saturated rings. The number of nitrogens with one attached hydrogen (secondary N) is 1. The summed E-state index contributed by atoms with van der Waals surface area (Å²) in [5.41, 5.74) is 0.996. The maximum Gasteiger partial charge on any atom is 0.248 e. The fraction of sp³-hybridized carbons (Fsp3) is 0.444. The topological polar surface area (TPSA) is 49.4 Å². The van der Waals surface area contributed by atoms with Crippen LogP contribution in [0.4, 0.5) is 0 Å². The molecule has 1 N–H and O–H groups in total. The van der Waals surface area contributed by atoms with Crippen LogP contribution in [0.5, 0.6) is 0 Å². The molecule has 0 spiro atoms. The molecule has 2 amide bonds. The van der Waals surface area contributed by atoms with Crippen molar-refractivity contribution in [2.75, 3.05) is 6.54 Å². The van der Waals surface area contributed by atoms with Crippen molar-refractivity contribution in [2.45, 2.75) is 39.3 Å². The zero-order valence-corrected chi connectivity index (χ0v) is 13.3. The smallest absolute Gasteiger partial charge is 0.248 e. The van der Waals surface area contributed by atoms with Crippen molar-refractivity contribution in [3.63, 3.8) is 0 Å². The number of hydrogen-bond acceptors (Lipinski definition) is 2. The monoisotopic (exact) mass is 300 g/mol. The lowest BCUT2D eigenvalue weighted by Crippen LogP contribution is -2.47. The highest BCUT2D eigenvalue weighted by atomic mass is 16.2. The summed E-state index contributed by atoms with van der Waals surface area (Å²) in [5.74, 6) is -0.0348. The van der Waals surface area contributed by atoms with Gasteiger partial charge in [0.15, 0.2) is 0 Å². The summed E-state index contributed by atoms with van der Waals surface area (Å²) in [6.45, 7) is 4.60. The number of hydrogen-bond donors (Lipinski definition) is 1. The molecule has 2 atom stereocenters. The quantitative estimate of drug-likeness (QED) is 0.850. The Bertz CT molecular complexity index is 539. The first kappa shape index (κ1) is 16.3. The first-order valence-electron chi connectivity index (χ1n) is 7.96. The van der Waals surface area contributed by atoms with Crippen LogP contribution in [-0.4, -0.2) is 29.4 Å². The van der Waals surface area contributed by atoms with E-state index in [-0.39, 0.29) is 23.9 Å². The third kappa shape index (κ3) is 4.20. The number of likely N-dealkylation sites (tertiary alicyclic amines) is 1. The molecule has 1 aliphatic heterocycles. The van der Waals surface area contributed by atoms with Crippen LogP contribution >= 0.6 is 0 Å². The Kier molecular flexibility index (Phi) is 5.75. The maximum absolute atomic E-state index is 12.3. The highest BCUT2D eigenvalue weighted by Gasteiger charge is 2.29. The van der Waals surface area contributed by atoms with Crippen LogP contribution in [-0.2, 0) is 9.59 Å². The number of rotatable bonds is 5. The molecule has 0 aliphatic carbocycles. The zero-order chi connectivity index (χ0) is 15.9. The molecule has 0 radical (unpaired) electrons. The summed E-state index contributed by atoms with van der Waals surface area (Å²) >= 11 is 0. The summed E-state index contributed by atoms with van der Waals surface area (Å²) < 4.78 is 0. The van der Waals surface area contributed by atoms with Crippen LogP contribution in [0.15, 0.2) is 36.4 Å². The van der Waals surface area contributed by atoms with Crippen molar-refractivity contribution >= 4 is 17.9 Å². The first-order chi connectivity index (χ1) is 10.6. The number of nitrogens with zero attached hydrogens (tertiary/aromatic N) is 1. The fourth-order valence-electron chi connectivity index (χ4n) is 2.50. The molecule has 1 heterocycles. The average molecular weight is 300 g/mol. The van der Waals surface area contributed by atoms with E-state index in [1.165, 1.54) is 0 Å². The van der Waals surface area contributed by atoms with Gasteiger partial charge in [-0.2, -0.15) is 0 Å². The lowest BCUT2D eigenvalue weighted by molar-refractivity contribution is -0.131. The van der Waals surface area contributed by atoms with Crippen LogP contribution < -0.4 is 5.32 Å². The predicted molar refractivity (Wildman–Crippen MR) is 87.8 cm³/mol. The fourth-order valence-corrected chi connectivity index (χ4v) is 2.50. The molecule has 1 aromatic carbocycles. The molecule has 1 aliphatic rings. The van der Waals surface area contributed by atoms with Crippen LogP contribution in [0.3, 0.4) is 0 Å². The van der Waals surface area contributed by atoms with E-state index in [1.807, 2.05) is 50.3 Å². The summed E-state index contributed by atoms with van der Waals surface area (Å²) in [5, 5.41) is 2.99. The molecule has 2 rings (SSSR count). The molecule has 0 aromatic heterocycles. The maximum atomic E-state index is 12.3. The van der Waals surface area contributed by atoms with Gasteiger partial charge in [0, 0.05) is 18.5 Å². The van der Waals surface area contributed by atoms with Gasteiger partial charge in [-0.3, -0.25) is 9.59 Å². The molecule has 4 heteroatoms. The van der Waals surface area contributed by atoms with E-state index in [0.29, 0.717) is 6.54 Å². The third-order valence-corrected chi connectivity index (χ3v) is 4.12. The van der Waals surface area contributed by atoms with Crippen LogP contribution in [0.2, 0.25) is 0 Å². The molecule has 4 nitrogen and oxygen atoms in total. The van der Waals surface area contributed by atoms with Gasteiger partial charge in [0.05, 0.1) is 0 Å². The van der Waals surface area contributed by atoms with Crippen molar-refractivity contribution in [1.82, 2.24) is 10.2 Å². The van der Waals surface area contributed by atoms with E-state index in [9.17, 15) is 9.59 Å². The Morgan fingerprint density at radius 3 is 2.77 bits per heavy atom. The largest absolute Gasteiger partial charge is 0.336 e. The van der Waals surface area contributed by atoms with Crippen molar-refractivity contribution in [1.29, 1.82) is 0 Å². The minimum atomic E-state index is -0.172. The van der Waals surface area contributed by atoms with Gasteiger partial charge in [-0.15, -0.1) is 0 Å². The SMILES string of the molecule is CC[C@@H](C)C(=O)NC1CCCN1C(=O)/C=C/c1ccccc1. The number of benzene rings is 1. The van der Waals surface area contributed by atoms with Crippen LogP contribution in [0.1, 0.15) is 38.7 Å². The van der Waals surface area contributed by atoms with Gasteiger partial charge < -0.3 is 10.2 Å². The molecule has 118 valence electrons. The molecule has 1 aromatic rings.